The SMILES string of the molecule is CCOc1ccc([C@H]2C(C(=O)OC(C)C)=C(C)N=c3s/c(=C/c4ccc(-c5ccc(C(=O)O)cc5C)o4)c(=O)n32)cc1. The molecule has 0 bridgehead atoms. The van der Waals surface area contributed by atoms with E-state index in [1.807, 2.05) is 38.1 Å². The van der Waals surface area contributed by atoms with Gasteiger partial charge in [-0.25, -0.2) is 14.6 Å². The summed E-state index contributed by atoms with van der Waals surface area (Å²) in [6.07, 6.45) is 1.30. The van der Waals surface area contributed by atoms with Gasteiger partial charge in [-0.2, -0.15) is 0 Å². The van der Waals surface area contributed by atoms with E-state index in [4.69, 9.17) is 13.9 Å². The van der Waals surface area contributed by atoms with Gasteiger partial charge in [-0.3, -0.25) is 9.36 Å². The summed E-state index contributed by atoms with van der Waals surface area (Å²) in [7, 11) is 0. The zero-order valence-corrected chi connectivity index (χ0v) is 24.7. The van der Waals surface area contributed by atoms with Crippen molar-refractivity contribution >= 4 is 29.4 Å². The van der Waals surface area contributed by atoms with E-state index < -0.39 is 18.0 Å². The molecule has 42 heavy (non-hydrogen) atoms. The predicted molar refractivity (Wildman–Crippen MR) is 158 cm³/mol. The van der Waals surface area contributed by atoms with Crippen molar-refractivity contribution in [2.45, 2.75) is 46.8 Å². The van der Waals surface area contributed by atoms with Gasteiger partial charge in [0.25, 0.3) is 5.56 Å². The summed E-state index contributed by atoms with van der Waals surface area (Å²) in [4.78, 5) is 43.6. The number of esters is 1. The molecule has 0 aliphatic carbocycles. The Kier molecular flexibility index (Phi) is 8.00. The second-order valence-electron chi connectivity index (χ2n) is 10.1. The highest BCUT2D eigenvalue weighted by Gasteiger charge is 2.33. The maximum absolute atomic E-state index is 13.9. The molecule has 4 aromatic rings. The largest absolute Gasteiger partial charge is 0.494 e. The number of hydrogen-bond acceptors (Lipinski definition) is 8. The van der Waals surface area contributed by atoms with Gasteiger partial charge < -0.3 is 19.0 Å². The quantitative estimate of drug-likeness (QED) is 0.293. The maximum atomic E-state index is 13.9. The monoisotopic (exact) mass is 586 g/mol. The van der Waals surface area contributed by atoms with Crippen LogP contribution in [-0.2, 0) is 9.53 Å². The Morgan fingerprint density at radius 1 is 1.12 bits per heavy atom. The summed E-state index contributed by atoms with van der Waals surface area (Å²) in [5, 5.41) is 9.26. The van der Waals surface area contributed by atoms with Gasteiger partial charge in [0.2, 0.25) is 0 Å². The smallest absolute Gasteiger partial charge is 0.338 e. The number of aromatic carboxylic acids is 1. The van der Waals surface area contributed by atoms with Crippen LogP contribution in [0.25, 0.3) is 17.4 Å². The first-order chi connectivity index (χ1) is 20.1. The normalized spacial score (nSPS) is 15.0. The third kappa shape index (κ3) is 5.58. The van der Waals surface area contributed by atoms with Crippen LogP contribution in [0.5, 0.6) is 5.75 Å². The standard InChI is InChI=1S/C32H30N2O7S/c1-6-39-22-10-7-20(8-11-22)28-27(31(38)40-17(2)3)19(5)33-32-34(28)29(35)26(42-32)16-23-12-14-25(41-23)24-13-9-21(30(36)37)15-18(24)4/h7-17,28H,6H2,1-5H3,(H,36,37)/b26-16+/t28-/m0/s1. The number of fused-ring (bicyclic) bond motifs is 1. The molecule has 3 heterocycles. The molecule has 9 nitrogen and oxygen atoms in total. The van der Waals surface area contributed by atoms with Gasteiger partial charge in [-0.1, -0.05) is 29.5 Å². The van der Waals surface area contributed by atoms with E-state index in [2.05, 4.69) is 4.99 Å². The molecule has 10 heteroatoms. The van der Waals surface area contributed by atoms with Crippen molar-refractivity contribution in [1.29, 1.82) is 0 Å². The van der Waals surface area contributed by atoms with Crippen molar-refractivity contribution < 1.29 is 28.6 Å². The van der Waals surface area contributed by atoms with Crippen molar-refractivity contribution in [3.63, 3.8) is 0 Å². The number of aromatic nitrogens is 1. The first kappa shape index (κ1) is 28.8. The minimum Gasteiger partial charge on any atom is -0.494 e. The van der Waals surface area contributed by atoms with Crippen LogP contribution in [0.1, 0.15) is 61.0 Å². The van der Waals surface area contributed by atoms with E-state index in [1.165, 1.54) is 22.0 Å². The van der Waals surface area contributed by atoms with Crippen LogP contribution in [0.15, 0.2) is 80.1 Å². The van der Waals surface area contributed by atoms with Crippen LogP contribution in [0.3, 0.4) is 0 Å². The maximum Gasteiger partial charge on any atom is 0.338 e. The second-order valence-corrected chi connectivity index (χ2v) is 11.1. The van der Waals surface area contributed by atoms with Crippen LogP contribution < -0.4 is 19.6 Å². The molecule has 1 aliphatic heterocycles. The number of carbonyl (C=O) groups is 2. The highest BCUT2D eigenvalue weighted by Crippen LogP contribution is 2.32. The van der Waals surface area contributed by atoms with Crippen molar-refractivity contribution in [2.75, 3.05) is 6.61 Å². The van der Waals surface area contributed by atoms with Crippen LogP contribution >= 0.6 is 11.3 Å². The number of carboxylic acid groups (broad SMARTS) is 1. The zero-order chi connectivity index (χ0) is 30.1. The fraction of sp³-hybridized carbons (Fsp3) is 0.250. The average molecular weight is 587 g/mol. The summed E-state index contributed by atoms with van der Waals surface area (Å²) in [6.45, 7) is 9.51. The van der Waals surface area contributed by atoms with Gasteiger partial charge in [-0.15, -0.1) is 0 Å². The van der Waals surface area contributed by atoms with Crippen LogP contribution in [0.2, 0.25) is 0 Å². The van der Waals surface area contributed by atoms with Gasteiger partial charge in [-0.05, 0) is 82.1 Å². The van der Waals surface area contributed by atoms with Crippen molar-refractivity contribution in [2.24, 2.45) is 4.99 Å². The first-order valence-corrected chi connectivity index (χ1v) is 14.3. The molecule has 0 fully saturated rings. The van der Waals surface area contributed by atoms with E-state index in [0.717, 1.165) is 16.7 Å². The zero-order valence-electron chi connectivity index (χ0n) is 23.8. The topological polar surface area (TPSA) is 120 Å². The minimum atomic E-state index is -1.00. The Bertz CT molecular complexity index is 1890. The van der Waals surface area contributed by atoms with Crippen LogP contribution in [0, 0.1) is 6.92 Å². The van der Waals surface area contributed by atoms with Gasteiger partial charge in [0.05, 0.1) is 40.1 Å². The van der Waals surface area contributed by atoms with Gasteiger partial charge >= 0.3 is 11.9 Å². The van der Waals surface area contributed by atoms with Gasteiger partial charge in [0.1, 0.15) is 17.3 Å². The number of thiazole rings is 1. The molecule has 5 rings (SSSR count). The average Bonchev–Trinajstić information content (AvgIpc) is 3.52. The number of carboxylic acids is 1. The molecule has 1 aliphatic rings. The molecular weight excluding hydrogens is 556 g/mol. The van der Waals surface area contributed by atoms with E-state index >= 15 is 0 Å². The minimum absolute atomic E-state index is 0.193. The van der Waals surface area contributed by atoms with Gasteiger partial charge in [0, 0.05) is 11.6 Å². The van der Waals surface area contributed by atoms with Crippen molar-refractivity contribution in [1.82, 2.24) is 4.57 Å². The van der Waals surface area contributed by atoms with Crippen molar-refractivity contribution in [3.05, 3.63) is 108 Å². The molecule has 0 unspecified atom stereocenters. The third-order valence-electron chi connectivity index (χ3n) is 6.73. The Balaban J connectivity index is 1.59. The molecule has 1 N–H and O–H groups in total. The molecule has 1 atom stereocenters. The predicted octanol–water partition coefficient (Wildman–Crippen LogP) is 4.85. The summed E-state index contributed by atoms with van der Waals surface area (Å²) in [6, 6.07) is 14.9. The molecular formula is C32H30N2O7S. The lowest BCUT2D eigenvalue weighted by atomic mass is 9.96. The molecule has 2 aromatic carbocycles. The van der Waals surface area contributed by atoms with Gasteiger partial charge in [0.15, 0.2) is 4.80 Å². The fourth-order valence-corrected chi connectivity index (χ4v) is 5.89. The lowest BCUT2D eigenvalue weighted by Gasteiger charge is -2.25. The fourth-order valence-electron chi connectivity index (χ4n) is 4.87. The summed E-state index contributed by atoms with van der Waals surface area (Å²) in [5.74, 6) is 0.149. The summed E-state index contributed by atoms with van der Waals surface area (Å²) in [5.41, 5.74) is 2.87. The summed E-state index contributed by atoms with van der Waals surface area (Å²) < 4.78 is 19.1. The number of allylic oxidation sites excluding steroid dienone is 1. The second kappa shape index (κ2) is 11.7. The Labute approximate surface area is 245 Å². The lowest BCUT2D eigenvalue weighted by molar-refractivity contribution is -0.143. The number of nitrogens with zero attached hydrogens (tertiary/aromatic N) is 2. The third-order valence-corrected chi connectivity index (χ3v) is 7.71. The molecule has 2 aromatic heterocycles. The van der Waals surface area contributed by atoms with Crippen molar-refractivity contribution in [3.8, 4) is 17.1 Å². The molecule has 0 saturated heterocycles. The number of aryl methyl sites for hydroxylation is 1. The van der Waals surface area contributed by atoms with E-state index in [9.17, 15) is 19.5 Å². The molecule has 0 spiro atoms. The molecule has 216 valence electrons. The summed E-state index contributed by atoms with van der Waals surface area (Å²) >= 11 is 1.20. The molecule has 0 amide bonds. The van der Waals surface area contributed by atoms with Crippen LogP contribution in [-0.4, -0.2) is 34.3 Å². The number of carbonyl (C=O) groups excluding carboxylic acids is 1. The number of furan rings is 1. The van der Waals surface area contributed by atoms with E-state index in [1.54, 1.807) is 51.1 Å². The molecule has 0 radical (unpaired) electrons. The lowest BCUT2D eigenvalue weighted by Crippen LogP contribution is -2.40. The number of benzene rings is 2. The van der Waals surface area contributed by atoms with Crippen LogP contribution in [0.4, 0.5) is 0 Å². The Morgan fingerprint density at radius 3 is 2.50 bits per heavy atom. The number of rotatable bonds is 8. The Morgan fingerprint density at radius 2 is 1.86 bits per heavy atom. The Hall–Kier alpha value is -4.70. The highest BCUT2D eigenvalue weighted by atomic mass is 32.1. The molecule has 0 saturated carbocycles. The first-order valence-electron chi connectivity index (χ1n) is 13.5. The highest BCUT2D eigenvalue weighted by molar-refractivity contribution is 7.07. The van der Waals surface area contributed by atoms with E-state index in [-0.39, 0.29) is 17.2 Å². The van der Waals surface area contributed by atoms with E-state index in [0.29, 0.717) is 44.5 Å². The number of hydrogen-bond donors (Lipinski definition) is 1. The number of ether oxygens (including phenoxy) is 2.